The normalized spacial score (nSPS) is 15.2. The molecule has 0 aliphatic carbocycles. The number of halogens is 4. The van der Waals surface area contributed by atoms with Gasteiger partial charge in [0.15, 0.2) is 6.30 Å². The van der Waals surface area contributed by atoms with Gasteiger partial charge < -0.3 is 0 Å². The average molecular weight is 171 g/mol. The Morgan fingerprint density at radius 2 is 1.73 bits per heavy atom. The van der Waals surface area contributed by atoms with Gasteiger partial charge in [0.1, 0.15) is 0 Å². The van der Waals surface area contributed by atoms with Crippen molar-refractivity contribution < 1.29 is 17.6 Å². The molecule has 0 radical (unpaired) electrons. The van der Waals surface area contributed by atoms with Crippen LogP contribution >= 0.6 is 0 Å². The highest BCUT2D eigenvalue weighted by atomic mass is 19.4. The molecule has 11 heavy (non-hydrogen) atoms. The van der Waals surface area contributed by atoms with Crippen molar-refractivity contribution in [3.63, 3.8) is 0 Å². The predicted molar refractivity (Wildman–Crippen MR) is 33.8 cm³/mol. The van der Waals surface area contributed by atoms with Gasteiger partial charge in [-0.05, 0) is 14.1 Å². The maximum atomic E-state index is 12.5. The molecule has 0 amide bonds. The van der Waals surface area contributed by atoms with Crippen LogP contribution in [0.3, 0.4) is 0 Å². The smallest absolute Gasteiger partial charge is 0.276 e. The lowest BCUT2D eigenvalue weighted by atomic mass is 10.2. The van der Waals surface area contributed by atoms with Gasteiger partial charge in [0, 0.05) is 0 Å². The molecular weight excluding hydrogens is 162 g/mol. The highest BCUT2D eigenvalue weighted by molar-refractivity contribution is 5.07. The number of alkyl halides is 4. The fraction of sp³-hybridized carbons (Fsp3) is 0.667. The van der Waals surface area contributed by atoms with Crippen molar-refractivity contribution in [2.75, 3.05) is 14.1 Å². The van der Waals surface area contributed by atoms with Gasteiger partial charge >= 0.3 is 6.18 Å². The van der Waals surface area contributed by atoms with E-state index in [1.807, 2.05) is 0 Å². The van der Waals surface area contributed by atoms with E-state index in [2.05, 4.69) is 6.58 Å². The molecule has 0 heterocycles. The second-order valence-electron chi connectivity index (χ2n) is 2.32. The fourth-order valence-electron chi connectivity index (χ4n) is 0.447. The minimum atomic E-state index is -4.65. The lowest BCUT2D eigenvalue weighted by Gasteiger charge is -2.19. The van der Waals surface area contributed by atoms with Crippen LogP contribution in [0.5, 0.6) is 0 Å². The molecule has 66 valence electrons. The molecule has 0 spiro atoms. The molecule has 0 bridgehead atoms. The van der Waals surface area contributed by atoms with Crippen molar-refractivity contribution in [3.8, 4) is 0 Å². The highest BCUT2D eigenvalue weighted by Gasteiger charge is 2.38. The highest BCUT2D eigenvalue weighted by Crippen LogP contribution is 2.28. The number of hydrogen-bond donors (Lipinski definition) is 0. The zero-order valence-electron chi connectivity index (χ0n) is 6.24. The Morgan fingerprint density at radius 3 is 1.82 bits per heavy atom. The summed E-state index contributed by atoms with van der Waals surface area (Å²) >= 11 is 0. The standard InChI is InChI=1S/C6H9F4N/c1-4(6(8,9)10)5(7)11(2)3/h5H,1H2,2-3H3. The van der Waals surface area contributed by atoms with Crippen molar-refractivity contribution in [3.05, 3.63) is 12.2 Å². The second-order valence-corrected chi connectivity index (χ2v) is 2.32. The lowest BCUT2D eigenvalue weighted by Crippen LogP contribution is -2.31. The molecule has 0 fully saturated rings. The Balaban J connectivity index is 4.26. The van der Waals surface area contributed by atoms with Crippen molar-refractivity contribution in [2.24, 2.45) is 0 Å². The van der Waals surface area contributed by atoms with E-state index in [0.717, 1.165) is 4.90 Å². The Kier molecular flexibility index (Phi) is 3.04. The molecule has 0 saturated carbocycles. The van der Waals surface area contributed by atoms with Crippen LogP contribution in [0.2, 0.25) is 0 Å². The van der Waals surface area contributed by atoms with E-state index in [9.17, 15) is 17.6 Å². The third-order valence-electron chi connectivity index (χ3n) is 1.11. The van der Waals surface area contributed by atoms with Crippen LogP contribution in [0, 0.1) is 0 Å². The summed E-state index contributed by atoms with van der Waals surface area (Å²) < 4.78 is 47.6. The first kappa shape index (κ1) is 10.4. The molecule has 0 N–H and O–H groups in total. The molecule has 0 aromatic rings. The van der Waals surface area contributed by atoms with Gasteiger partial charge in [-0.2, -0.15) is 13.2 Å². The van der Waals surface area contributed by atoms with E-state index in [4.69, 9.17) is 0 Å². The summed E-state index contributed by atoms with van der Waals surface area (Å²) in [4.78, 5) is 0.801. The summed E-state index contributed by atoms with van der Waals surface area (Å²) in [6.45, 7) is 2.61. The van der Waals surface area contributed by atoms with Crippen molar-refractivity contribution in [2.45, 2.75) is 12.5 Å². The SMILES string of the molecule is C=C(C(F)N(C)C)C(F)(F)F. The number of hydrogen-bond acceptors (Lipinski definition) is 1. The van der Waals surface area contributed by atoms with Crippen LogP contribution < -0.4 is 0 Å². The van der Waals surface area contributed by atoms with Gasteiger partial charge in [0.05, 0.1) is 5.57 Å². The number of likely N-dealkylation sites (N-methyl/N-ethyl adjacent to an activating group) is 1. The second kappa shape index (κ2) is 3.21. The summed E-state index contributed by atoms with van der Waals surface area (Å²) in [5.74, 6) is 0. The lowest BCUT2D eigenvalue weighted by molar-refractivity contribution is -0.107. The summed E-state index contributed by atoms with van der Waals surface area (Å²) in [5.41, 5.74) is -1.37. The monoisotopic (exact) mass is 171 g/mol. The maximum absolute atomic E-state index is 12.5. The summed E-state index contributed by atoms with van der Waals surface area (Å²) in [6.07, 6.45) is -6.81. The van der Waals surface area contributed by atoms with Crippen molar-refractivity contribution in [1.82, 2.24) is 4.90 Å². The third kappa shape index (κ3) is 2.88. The predicted octanol–water partition coefficient (Wildman–Crippen LogP) is 1.96. The summed E-state index contributed by atoms with van der Waals surface area (Å²) in [7, 11) is 2.42. The first-order valence-electron chi connectivity index (χ1n) is 2.83. The largest absolute Gasteiger partial charge is 0.416 e. The molecule has 0 aromatic carbocycles. The average Bonchev–Trinajstić information content (AvgIpc) is 1.82. The molecule has 0 aliphatic rings. The zero-order chi connectivity index (χ0) is 9.23. The molecule has 1 unspecified atom stereocenters. The first-order chi connectivity index (χ1) is 4.76. The van der Waals surface area contributed by atoms with Gasteiger partial charge in [-0.1, -0.05) is 6.58 Å². The summed E-state index contributed by atoms with van der Waals surface area (Å²) in [6, 6.07) is 0. The summed E-state index contributed by atoms with van der Waals surface area (Å²) in [5, 5.41) is 0. The molecule has 1 atom stereocenters. The number of nitrogens with zero attached hydrogens (tertiary/aromatic N) is 1. The molecule has 0 aromatic heterocycles. The molecule has 0 rings (SSSR count). The van der Waals surface area contributed by atoms with Gasteiger partial charge in [-0.15, -0.1) is 0 Å². The van der Waals surface area contributed by atoms with E-state index in [1.165, 1.54) is 14.1 Å². The molecular formula is C6H9F4N. The Bertz CT molecular complexity index is 149. The minimum absolute atomic E-state index is 0.801. The third-order valence-corrected chi connectivity index (χ3v) is 1.11. The first-order valence-corrected chi connectivity index (χ1v) is 2.83. The van der Waals surface area contributed by atoms with Crippen LogP contribution in [0.1, 0.15) is 0 Å². The molecule has 5 heteroatoms. The van der Waals surface area contributed by atoms with Gasteiger partial charge in [-0.25, -0.2) is 4.39 Å². The molecule has 0 aliphatic heterocycles. The van der Waals surface area contributed by atoms with Gasteiger partial charge in [0.2, 0.25) is 0 Å². The van der Waals surface area contributed by atoms with Crippen LogP contribution in [0.4, 0.5) is 17.6 Å². The van der Waals surface area contributed by atoms with E-state index in [1.54, 1.807) is 0 Å². The van der Waals surface area contributed by atoms with E-state index in [-0.39, 0.29) is 0 Å². The fourth-order valence-corrected chi connectivity index (χ4v) is 0.447. The van der Waals surface area contributed by atoms with Crippen molar-refractivity contribution >= 4 is 0 Å². The van der Waals surface area contributed by atoms with Crippen LogP contribution in [-0.2, 0) is 0 Å². The molecule has 0 saturated heterocycles. The van der Waals surface area contributed by atoms with E-state index in [0.29, 0.717) is 0 Å². The van der Waals surface area contributed by atoms with Crippen molar-refractivity contribution in [1.29, 1.82) is 0 Å². The Hall–Kier alpha value is -0.580. The zero-order valence-corrected chi connectivity index (χ0v) is 6.24. The van der Waals surface area contributed by atoms with Gasteiger partial charge in [-0.3, -0.25) is 4.90 Å². The van der Waals surface area contributed by atoms with Crippen LogP contribution in [0.25, 0.3) is 0 Å². The van der Waals surface area contributed by atoms with Crippen LogP contribution in [-0.4, -0.2) is 31.5 Å². The van der Waals surface area contributed by atoms with E-state index >= 15 is 0 Å². The maximum Gasteiger partial charge on any atom is 0.416 e. The quantitative estimate of drug-likeness (QED) is 0.348. The Labute approximate surface area is 62.3 Å². The number of rotatable bonds is 2. The van der Waals surface area contributed by atoms with Gasteiger partial charge in [0.25, 0.3) is 0 Å². The topological polar surface area (TPSA) is 3.24 Å². The van der Waals surface area contributed by atoms with E-state index < -0.39 is 18.0 Å². The molecule has 1 nitrogen and oxygen atoms in total. The Morgan fingerprint density at radius 1 is 1.36 bits per heavy atom. The minimum Gasteiger partial charge on any atom is -0.276 e. The van der Waals surface area contributed by atoms with Crippen LogP contribution in [0.15, 0.2) is 12.2 Å².